The van der Waals surface area contributed by atoms with Crippen LogP contribution in [-0.2, 0) is 4.74 Å². The van der Waals surface area contributed by atoms with Gasteiger partial charge in [0.05, 0.1) is 11.6 Å². The number of hydrogen-bond donors (Lipinski definition) is 2. The molecule has 0 spiro atoms. The maximum absolute atomic E-state index is 8.67. The van der Waals surface area contributed by atoms with Crippen molar-refractivity contribution < 1.29 is 9.94 Å². The van der Waals surface area contributed by atoms with E-state index in [2.05, 4.69) is 10.1 Å². The Bertz CT molecular complexity index is 426. The highest BCUT2D eigenvalue weighted by Gasteiger charge is 2.14. The Morgan fingerprint density at radius 1 is 1.67 bits per heavy atom. The lowest BCUT2D eigenvalue weighted by Crippen LogP contribution is -2.25. The first-order valence-corrected chi connectivity index (χ1v) is 5.90. The molecule has 0 saturated heterocycles. The molecule has 0 fully saturated rings. The Morgan fingerprint density at radius 3 is 3.00 bits per heavy atom. The predicted molar refractivity (Wildman–Crippen MR) is 71.5 cm³/mol. The lowest BCUT2D eigenvalue weighted by Gasteiger charge is -2.20. The Morgan fingerprint density at radius 2 is 2.39 bits per heavy atom. The van der Waals surface area contributed by atoms with Crippen LogP contribution in [0, 0.1) is 0 Å². The quantitative estimate of drug-likeness (QED) is 0.268. The number of halogens is 1. The highest BCUT2D eigenvalue weighted by atomic mass is 35.5. The molecule has 0 aliphatic heterocycles. The number of ether oxygens (including phenoxy) is 1. The zero-order chi connectivity index (χ0) is 13.5. The van der Waals surface area contributed by atoms with Gasteiger partial charge >= 0.3 is 0 Å². The minimum atomic E-state index is -0.0399. The summed E-state index contributed by atoms with van der Waals surface area (Å²) in [5.74, 6) is 0.530. The smallest absolute Gasteiger partial charge is 0.171 e. The van der Waals surface area contributed by atoms with Crippen molar-refractivity contribution >= 4 is 23.3 Å². The number of nitrogens with two attached hydrogens (primary N) is 1. The van der Waals surface area contributed by atoms with Crippen LogP contribution in [0.15, 0.2) is 17.4 Å². The topological polar surface area (TPSA) is 84.0 Å². The first-order valence-electron chi connectivity index (χ1n) is 5.53. The van der Waals surface area contributed by atoms with Gasteiger partial charge in [0.25, 0.3) is 0 Å². The third-order valence-corrected chi connectivity index (χ3v) is 2.76. The number of hydrogen-bond acceptors (Lipinski definition) is 5. The third kappa shape index (κ3) is 3.48. The van der Waals surface area contributed by atoms with Crippen molar-refractivity contribution in [2.75, 3.05) is 31.7 Å². The maximum atomic E-state index is 8.67. The molecular weight excluding hydrogens is 256 g/mol. The zero-order valence-electron chi connectivity index (χ0n) is 10.4. The molecular formula is C11H17ClN4O2. The molecule has 0 saturated carbocycles. The Hall–Kier alpha value is -1.53. The number of oxime groups is 1. The summed E-state index contributed by atoms with van der Waals surface area (Å²) in [4.78, 5) is 6.03. The SMILES string of the molecule is CCOCCN(C)c1nccc(/C(N)=N/O)c1Cl. The van der Waals surface area contributed by atoms with Crippen LogP contribution in [0.1, 0.15) is 12.5 Å². The van der Waals surface area contributed by atoms with Crippen LogP contribution < -0.4 is 10.6 Å². The highest BCUT2D eigenvalue weighted by molar-refractivity contribution is 6.36. The molecule has 0 radical (unpaired) electrons. The van der Waals surface area contributed by atoms with Crippen LogP contribution in [0.4, 0.5) is 5.82 Å². The minimum Gasteiger partial charge on any atom is -0.409 e. The van der Waals surface area contributed by atoms with E-state index < -0.39 is 0 Å². The standard InChI is InChI=1S/C11H17ClN4O2/c1-3-18-7-6-16(2)11-9(12)8(4-5-14-11)10(13)15-17/h4-5,17H,3,6-7H2,1-2H3,(H2,13,15). The molecule has 0 amide bonds. The van der Waals surface area contributed by atoms with Gasteiger partial charge in [0, 0.05) is 32.0 Å². The molecule has 7 heteroatoms. The van der Waals surface area contributed by atoms with Crippen molar-refractivity contribution in [3.05, 3.63) is 22.8 Å². The number of rotatable bonds is 6. The van der Waals surface area contributed by atoms with E-state index in [1.807, 2.05) is 18.9 Å². The first-order chi connectivity index (χ1) is 8.61. The van der Waals surface area contributed by atoms with Crippen molar-refractivity contribution in [3.8, 4) is 0 Å². The molecule has 100 valence electrons. The molecule has 0 aromatic carbocycles. The molecule has 0 aliphatic carbocycles. The van der Waals surface area contributed by atoms with Crippen LogP contribution in [0.5, 0.6) is 0 Å². The van der Waals surface area contributed by atoms with E-state index in [-0.39, 0.29) is 5.84 Å². The minimum absolute atomic E-state index is 0.0399. The largest absolute Gasteiger partial charge is 0.409 e. The molecule has 0 bridgehead atoms. The average molecular weight is 273 g/mol. The van der Waals surface area contributed by atoms with Crippen LogP contribution in [-0.4, -0.2) is 42.8 Å². The predicted octanol–water partition coefficient (Wildman–Crippen LogP) is 1.30. The maximum Gasteiger partial charge on any atom is 0.171 e. The highest BCUT2D eigenvalue weighted by Crippen LogP contribution is 2.25. The molecule has 6 nitrogen and oxygen atoms in total. The summed E-state index contributed by atoms with van der Waals surface area (Å²) in [5, 5.41) is 12.0. The summed E-state index contributed by atoms with van der Waals surface area (Å²) < 4.78 is 5.26. The molecule has 1 rings (SSSR count). The molecule has 0 aliphatic rings. The van der Waals surface area contributed by atoms with E-state index in [1.54, 1.807) is 12.3 Å². The Balaban J connectivity index is 2.89. The van der Waals surface area contributed by atoms with Crippen LogP contribution in [0.2, 0.25) is 5.02 Å². The number of nitrogens with zero attached hydrogens (tertiary/aromatic N) is 3. The van der Waals surface area contributed by atoms with Crippen molar-refractivity contribution in [2.45, 2.75) is 6.92 Å². The van der Waals surface area contributed by atoms with E-state index in [0.717, 1.165) is 0 Å². The number of aromatic nitrogens is 1. The number of likely N-dealkylation sites (N-methyl/N-ethyl adjacent to an activating group) is 1. The lowest BCUT2D eigenvalue weighted by molar-refractivity contribution is 0.154. The average Bonchev–Trinajstić information content (AvgIpc) is 2.38. The van der Waals surface area contributed by atoms with Crippen LogP contribution in [0.3, 0.4) is 0 Å². The van der Waals surface area contributed by atoms with Crippen molar-refractivity contribution in [1.82, 2.24) is 4.98 Å². The Labute approximate surface area is 111 Å². The van der Waals surface area contributed by atoms with Gasteiger partial charge in [-0.15, -0.1) is 0 Å². The molecule has 1 aromatic heterocycles. The molecule has 1 aromatic rings. The molecule has 0 unspecified atom stereocenters. The monoisotopic (exact) mass is 272 g/mol. The van der Waals surface area contributed by atoms with E-state index in [9.17, 15) is 0 Å². The summed E-state index contributed by atoms with van der Waals surface area (Å²) in [6.07, 6.45) is 1.56. The van der Waals surface area contributed by atoms with E-state index in [1.165, 1.54) is 0 Å². The summed E-state index contributed by atoms with van der Waals surface area (Å²) >= 11 is 6.17. The number of anilines is 1. The fourth-order valence-electron chi connectivity index (χ4n) is 1.40. The third-order valence-electron chi connectivity index (χ3n) is 2.39. The molecule has 0 atom stereocenters. The van der Waals surface area contributed by atoms with Gasteiger partial charge in [0.2, 0.25) is 0 Å². The molecule has 18 heavy (non-hydrogen) atoms. The Kier molecular flexibility index (Phi) is 5.67. The van der Waals surface area contributed by atoms with Gasteiger partial charge in [0.1, 0.15) is 5.82 Å². The van der Waals surface area contributed by atoms with Gasteiger partial charge in [-0.3, -0.25) is 0 Å². The number of amidine groups is 1. The van der Waals surface area contributed by atoms with E-state index >= 15 is 0 Å². The van der Waals surface area contributed by atoms with Gasteiger partial charge in [-0.25, -0.2) is 4.98 Å². The fourth-order valence-corrected chi connectivity index (χ4v) is 1.76. The van der Waals surface area contributed by atoms with Crippen molar-refractivity contribution in [3.63, 3.8) is 0 Å². The molecule has 1 heterocycles. The van der Waals surface area contributed by atoms with Crippen molar-refractivity contribution in [2.24, 2.45) is 10.9 Å². The lowest BCUT2D eigenvalue weighted by atomic mass is 10.2. The first kappa shape index (κ1) is 14.5. The number of pyridine rings is 1. The van der Waals surface area contributed by atoms with Crippen LogP contribution >= 0.6 is 11.6 Å². The summed E-state index contributed by atoms with van der Waals surface area (Å²) in [6, 6.07) is 1.59. The summed E-state index contributed by atoms with van der Waals surface area (Å²) in [5.41, 5.74) is 5.98. The van der Waals surface area contributed by atoms with E-state index in [0.29, 0.717) is 36.2 Å². The fraction of sp³-hybridized carbons (Fsp3) is 0.455. The second kappa shape index (κ2) is 7.03. The van der Waals surface area contributed by atoms with Gasteiger partial charge in [0.15, 0.2) is 5.84 Å². The summed E-state index contributed by atoms with van der Waals surface area (Å²) in [7, 11) is 1.85. The zero-order valence-corrected chi connectivity index (χ0v) is 11.2. The van der Waals surface area contributed by atoms with E-state index in [4.69, 9.17) is 27.3 Å². The van der Waals surface area contributed by atoms with Gasteiger partial charge in [-0.1, -0.05) is 16.8 Å². The van der Waals surface area contributed by atoms with Gasteiger partial charge in [-0.05, 0) is 13.0 Å². The normalized spacial score (nSPS) is 11.6. The van der Waals surface area contributed by atoms with Crippen molar-refractivity contribution in [1.29, 1.82) is 0 Å². The van der Waals surface area contributed by atoms with Crippen LogP contribution in [0.25, 0.3) is 0 Å². The molecule has 3 N–H and O–H groups in total. The van der Waals surface area contributed by atoms with Gasteiger partial charge in [-0.2, -0.15) is 0 Å². The summed E-state index contributed by atoms with van der Waals surface area (Å²) in [6.45, 7) is 3.84. The second-order valence-corrected chi connectivity index (χ2v) is 3.98. The van der Waals surface area contributed by atoms with Gasteiger partial charge < -0.3 is 20.6 Å². The second-order valence-electron chi connectivity index (χ2n) is 3.60.